The highest BCUT2D eigenvalue weighted by Crippen LogP contribution is 2.39. The Bertz CT molecular complexity index is 863. The summed E-state index contributed by atoms with van der Waals surface area (Å²) in [6.07, 6.45) is -3.38. The van der Waals surface area contributed by atoms with Gasteiger partial charge in [0, 0.05) is 5.71 Å². The van der Waals surface area contributed by atoms with Gasteiger partial charge in [0.15, 0.2) is 5.82 Å². The Labute approximate surface area is 156 Å². The van der Waals surface area contributed by atoms with E-state index in [1.165, 1.54) is 13.3 Å². The molecule has 0 saturated carbocycles. The van der Waals surface area contributed by atoms with Gasteiger partial charge in [-0.3, -0.25) is 0 Å². The molecule has 0 saturated heterocycles. The lowest BCUT2D eigenvalue weighted by molar-refractivity contribution is -0.137. The highest BCUT2D eigenvalue weighted by molar-refractivity contribution is 6.38. The van der Waals surface area contributed by atoms with Crippen LogP contribution in [0, 0.1) is 11.3 Å². The van der Waals surface area contributed by atoms with Crippen molar-refractivity contribution in [3.05, 3.63) is 39.5 Å². The van der Waals surface area contributed by atoms with Gasteiger partial charge in [0.25, 0.3) is 0 Å². The number of hydrogen-bond donors (Lipinski definition) is 1. The highest BCUT2D eigenvalue weighted by Gasteiger charge is 2.32. The predicted molar refractivity (Wildman–Crippen MR) is 91.1 cm³/mol. The summed E-state index contributed by atoms with van der Waals surface area (Å²) in [6, 6.07) is 3.39. The monoisotopic (exact) mass is 405 g/mol. The normalized spacial score (nSPS) is 12.3. The molecule has 0 amide bonds. The molecule has 6 nitrogen and oxygen atoms in total. The van der Waals surface area contributed by atoms with Gasteiger partial charge in [0.2, 0.25) is 0 Å². The molecule has 0 fully saturated rings. The van der Waals surface area contributed by atoms with Gasteiger partial charge in [-0.25, -0.2) is 9.67 Å². The van der Waals surface area contributed by atoms with E-state index in [0.29, 0.717) is 5.71 Å². The molecule has 1 aromatic carbocycles. The molecule has 1 N–H and O–H groups in total. The summed E-state index contributed by atoms with van der Waals surface area (Å²) in [4.78, 5) is 8.99. The van der Waals surface area contributed by atoms with E-state index in [2.05, 4.69) is 15.6 Å². The average molecular weight is 406 g/mol. The number of nitriles is 1. The molecule has 0 bridgehead atoms. The largest absolute Gasteiger partial charge is 0.416 e. The van der Waals surface area contributed by atoms with Gasteiger partial charge >= 0.3 is 6.18 Å². The summed E-state index contributed by atoms with van der Waals surface area (Å²) in [6.45, 7) is 1.92. The molecule has 0 spiro atoms. The lowest BCUT2D eigenvalue weighted by Crippen LogP contribution is -2.19. The quantitative estimate of drug-likeness (QED) is 0.593. The third-order valence-corrected chi connectivity index (χ3v) is 3.77. The Morgan fingerprint density at radius 3 is 2.50 bits per heavy atom. The van der Waals surface area contributed by atoms with Crippen LogP contribution in [0.3, 0.4) is 0 Å². The van der Waals surface area contributed by atoms with Gasteiger partial charge in [0.05, 0.1) is 35.5 Å². The zero-order chi connectivity index (χ0) is 19.5. The minimum absolute atomic E-state index is 0.00548. The van der Waals surface area contributed by atoms with Crippen LogP contribution in [0.15, 0.2) is 23.3 Å². The molecule has 26 heavy (non-hydrogen) atoms. The van der Waals surface area contributed by atoms with E-state index in [1.54, 1.807) is 6.92 Å². The van der Waals surface area contributed by atoms with Crippen molar-refractivity contribution in [1.29, 1.82) is 5.26 Å². The van der Waals surface area contributed by atoms with Crippen molar-refractivity contribution in [3.8, 4) is 11.8 Å². The van der Waals surface area contributed by atoms with Crippen LogP contribution in [0.2, 0.25) is 10.0 Å². The van der Waals surface area contributed by atoms with Gasteiger partial charge in [0.1, 0.15) is 17.3 Å². The van der Waals surface area contributed by atoms with Crippen LogP contribution in [0.25, 0.3) is 5.69 Å². The van der Waals surface area contributed by atoms with Crippen LogP contribution >= 0.6 is 23.2 Å². The van der Waals surface area contributed by atoms with E-state index in [9.17, 15) is 18.4 Å². The van der Waals surface area contributed by atoms with Gasteiger partial charge in [-0.1, -0.05) is 23.2 Å². The Kier molecular flexibility index (Phi) is 6.26. The molecule has 0 aliphatic carbocycles. The fourth-order valence-corrected chi connectivity index (χ4v) is 2.67. The summed E-state index contributed by atoms with van der Waals surface area (Å²) in [7, 11) is 1.43. The number of nitrogens with one attached hydrogen (secondary N) is 1. The van der Waals surface area contributed by atoms with E-state index in [0.717, 1.165) is 16.8 Å². The number of aromatic nitrogens is 2. The molecule has 2 rings (SSSR count). The number of nitrogens with zero attached hydrogens (tertiary/aromatic N) is 4. The van der Waals surface area contributed by atoms with Crippen molar-refractivity contribution in [2.75, 3.05) is 13.7 Å². The molecule has 0 radical (unpaired) electrons. The summed E-state index contributed by atoms with van der Waals surface area (Å²) in [5.74, 6) is 0.0893. The SMILES string of the molecule is CONCC(C)=Nc1c(C#N)cnn1-c1c(Cl)cc(C(F)(F)F)cc1Cl. The standard InChI is InChI=1S/C15H12Cl2F3N5O/c1-8(6-23-26-2)24-14-9(5-21)7-22-25(14)13-11(16)3-10(4-12(13)17)15(18,19)20/h3-4,7,23H,6H2,1-2H3. The number of hydrogen-bond acceptors (Lipinski definition) is 5. The Morgan fingerprint density at radius 1 is 1.38 bits per heavy atom. The molecule has 0 aliphatic heterocycles. The molecule has 11 heteroatoms. The lowest BCUT2D eigenvalue weighted by atomic mass is 10.2. The topological polar surface area (TPSA) is 75.2 Å². The molecule has 0 aliphatic rings. The molecule has 1 heterocycles. The number of alkyl halides is 3. The summed E-state index contributed by atoms with van der Waals surface area (Å²) in [5, 5.41) is 12.7. The second-order valence-electron chi connectivity index (χ2n) is 5.06. The van der Waals surface area contributed by atoms with Crippen LogP contribution in [0.5, 0.6) is 0 Å². The summed E-state index contributed by atoms with van der Waals surface area (Å²) in [5.41, 5.74) is 2.22. The molecule has 0 unspecified atom stereocenters. The van der Waals surface area contributed by atoms with Crippen molar-refractivity contribution in [2.45, 2.75) is 13.1 Å². The maximum atomic E-state index is 12.9. The smallest absolute Gasteiger partial charge is 0.305 e. The van der Waals surface area contributed by atoms with Crippen molar-refractivity contribution >= 4 is 34.7 Å². The predicted octanol–water partition coefficient (Wildman–Crippen LogP) is 4.31. The van der Waals surface area contributed by atoms with Crippen molar-refractivity contribution in [1.82, 2.24) is 15.3 Å². The Hall–Kier alpha value is -2.12. The maximum absolute atomic E-state index is 12.9. The van der Waals surface area contributed by atoms with E-state index in [1.807, 2.05) is 6.07 Å². The number of benzene rings is 1. The molecular weight excluding hydrogens is 394 g/mol. The van der Waals surface area contributed by atoms with Crippen molar-refractivity contribution in [2.24, 2.45) is 4.99 Å². The summed E-state index contributed by atoms with van der Waals surface area (Å²) >= 11 is 12.0. The first-order valence-corrected chi connectivity index (χ1v) is 7.79. The van der Waals surface area contributed by atoms with E-state index in [-0.39, 0.29) is 33.7 Å². The fourth-order valence-electron chi connectivity index (χ4n) is 2.02. The lowest BCUT2D eigenvalue weighted by Gasteiger charge is -2.13. The molecule has 0 atom stereocenters. The minimum Gasteiger partial charge on any atom is -0.305 e. The zero-order valence-electron chi connectivity index (χ0n) is 13.5. The van der Waals surface area contributed by atoms with Crippen LogP contribution in [-0.4, -0.2) is 29.1 Å². The van der Waals surface area contributed by atoms with Crippen LogP contribution < -0.4 is 5.48 Å². The second-order valence-corrected chi connectivity index (χ2v) is 5.88. The first-order chi connectivity index (χ1) is 12.2. The van der Waals surface area contributed by atoms with E-state index >= 15 is 0 Å². The third kappa shape index (κ3) is 4.34. The van der Waals surface area contributed by atoms with Crippen molar-refractivity contribution in [3.63, 3.8) is 0 Å². The first kappa shape index (κ1) is 20.2. The zero-order valence-corrected chi connectivity index (χ0v) is 15.0. The maximum Gasteiger partial charge on any atom is 0.416 e. The average Bonchev–Trinajstić information content (AvgIpc) is 2.94. The van der Waals surface area contributed by atoms with Gasteiger partial charge < -0.3 is 4.84 Å². The van der Waals surface area contributed by atoms with E-state index < -0.39 is 11.7 Å². The van der Waals surface area contributed by atoms with Gasteiger partial charge in [-0.15, -0.1) is 0 Å². The summed E-state index contributed by atoms with van der Waals surface area (Å²) < 4.78 is 39.8. The Morgan fingerprint density at radius 2 is 2.00 bits per heavy atom. The van der Waals surface area contributed by atoms with Crippen LogP contribution in [-0.2, 0) is 11.0 Å². The molecular formula is C15H12Cl2F3N5O. The molecule has 2 aromatic rings. The second kappa shape index (κ2) is 8.05. The Balaban J connectivity index is 2.60. The molecule has 138 valence electrons. The first-order valence-electron chi connectivity index (χ1n) is 7.03. The van der Waals surface area contributed by atoms with Crippen LogP contribution in [0.4, 0.5) is 19.0 Å². The van der Waals surface area contributed by atoms with Gasteiger partial charge in [-0.05, 0) is 19.1 Å². The van der Waals surface area contributed by atoms with Crippen LogP contribution in [0.1, 0.15) is 18.1 Å². The number of hydroxylamine groups is 1. The highest BCUT2D eigenvalue weighted by atomic mass is 35.5. The van der Waals surface area contributed by atoms with Gasteiger partial charge in [-0.2, -0.15) is 29.0 Å². The third-order valence-electron chi connectivity index (χ3n) is 3.19. The molecule has 1 aromatic heterocycles. The fraction of sp³-hybridized carbons (Fsp3) is 0.267. The van der Waals surface area contributed by atoms with E-state index in [4.69, 9.17) is 28.0 Å². The minimum atomic E-state index is -4.60. The number of aliphatic imine (C=N–C) groups is 1. The van der Waals surface area contributed by atoms with Crippen molar-refractivity contribution < 1.29 is 18.0 Å². The number of rotatable bonds is 5. The number of halogens is 5.